The maximum atomic E-state index is 12.1. The molecule has 4 nitrogen and oxygen atoms in total. The summed E-state index contributed by atoms with van der Waals surface area (Å²) in [5, 5.41) is 3.76. The maximum absolute atomic E-state index is 12.1. The molecule has 0 radical (unpaired) electrons. The molecule has 2 rings (SSSR count). The van der Waals surface area contributed by atoms with Crippen LogP contribution in [-0.2, 0) is 4.74 Å². The van der Waals surface area contributed by atoms with Crippen LogP contribution < -0.4 is 5.32 Å². The quantitative estimate of drug-likeness (QED) is 0.895. The van der Waals surface area contributed by atoms with Crippen molar-refractivity contribution >= 4 is 16.8 Å². The van der Waals surface area contributed by atoms with Crippen molar-refractivity contribution in [2.45, 2.75) is 13.0 Å². The Morgan fingerprint density at radius 3 is 2.94 bits per heavy atom. The molecule has 0 saturated heterocycles. The van der Waals surface area contributed by atoms with Gasteiger partial charge in [0.2, 0.25) is 0 Å². The van der Waals surface area contributed by atoms with Crippen LogP contribution in [-0.4, -0.2) is 30.6 Å². The minimum atomic E-state index is -0.0989. The van der Waals surface area contributed by atoms with Crippen molar-refractivity contribution in [2.75, 3.05) is 13.7 Å². The average Bonchev–Trinajstić information content (AvgIpc) is 2.38. The first kappa shape index (κ1) is 12.5. The summed E-state index contributed by atoms with van der Waals surface area (Å²) in [5.41, 5.74) is 1.47. The van der Waals surface area contributed by atoms with Crippen molar-refractivity contribution in [1.29, 1.82) is 0 Å². The van der Waals surface area contributed by atoms with Gasteiger partial charge in [-0.1, -0.05) is 18.2 Å². The number of ether oxygens (including phenoxy) is 1. The summed E-state index contributed by atoms with van der Waals surface area (Å²) in [4.78, 5) is 16.4. The Labute approximate surface area is 106 Å². The molecule has 1 amide bonds. The Bertz CT molecular complexity index is 549. The lowest BCUT2D eigenvalue weighted by molar-refractivity contribution is 0.0907. The molecular formula is C14H16N2O2. The summed E-state index contributed by atoms with van der Waals surface area (Å²) in [5.74, 6) is -0.0989. The minimum absolute atomic E-state index is 0.0190. The molecule has 0 aliphatic carbocycles. The Kier molecular flexibility index (Phi) is 3.89. The highest BCUT2D eigenvalue weighted by molar-refractivity contribution is 6.06. The van der Waals surface area contributed by atoms with E-state index >= 15 is 0 Å². The van der Waals surface area contributed by atoms with E-state index < -0.39 is 0 Å². The maximum Gasteiger partial charge on any atom is 0.252 e. The first-order chi connectivity index (χ1) is 8.72. The zero-order valence-electron chi connectivity index (χ0n) is 10.5. The lowest BCUT2D eigenvalue weighted by Gasteiger charge is -2.13. The number of carbonyl (C=O) groups is 1. The highest BCUT2D eigenvalue weighted by Gasteiger charge is 2.12. The summed E-state index contributed by atoms with van der Waals surface area (Å²) in [6.45, 7) is 2.40. The molecule has 0 saturated carbocycles. The van der Waals surface area contributed by atoms with Gasteiger partial charge in [0.1, 0.15) is 0 Å². The van der Waals surface area contributed by atoms with Crippen molar-refractivity contribution in [3.05, 3.63) is 42.1 Å². The molecule has 0 fully saturated rings. The molecule has 94 valence electrons. The van der Waals surface area contributed by atoms with Gasteiger partial charge < -0.3 is 10.1 Å². The first-order valence-corrected chi connectivity index (χ1v) is 5.86. The second-order valence-electron chi connectivity index (χ2n) is 4.21. The van der Waals surface area contributed by atoms with E-state index in [1.165, 1.54) is 0 Å². The van der Waals surface area contributed by atoms with Crippen LogP contribution in [0.15, 0.2) is 36.5 Å². The molecule has 2 aromatic rings. The first-order valence-electron chi connectivity index (χ1n) is 5.86. The molecule has 1 aromatic heterocycles. The van der Waals surface area contributed by atoms with Crippen LogP contribution in [0.2, 0.25) is 0 Å². The van der Waals surface area contributed by atoms with Crippen molar-refractivity contribution in [2.24, 2.45) is 0 Å². The van der Waals surface area contributed by atoms with Crippen LogP contribution in [0, 0.1) is 0 Å². The van der Waals surface area contributed by atoms with E-state index in [4.69, 9.17) is 4.74 Å². The number of pyridine rings is 1. The Hall–Kier alpha value is -1.94. The number of amides is 1. The summed E-state index contributed by atoms with van der Waals surface area (Å²) < 4.78 is 5.00. The number of methoxy groups -OCH3 is 1. The van der Waals surface area contributed by atoms with Crippen LogP contribution in [0.1, 0.15) is 17.3 Å². The molecule has 1 aromatic carbocycles. The third kappa shape index (κ3) is 2.65. The minimum Gasteiger partial charge on any atom is -0.383 e. The number of rotatable bonds is 4. The van der Waals surface area contributed by atoms with Gasteiger partial charge in [-0.2, -0.15) is 0 Å². The standard InChI is InChI=1S/C14H16N2O2/c1-10(9-18-2)16-14(17)12-7-8-15-13-6-4-3-5-11(12)13/h3-8,10H,9H2,1-2H3,(H,16,17). The Morgan fingerprint density at radius 1 is 1.39 bits per heavy atom. The van der Waals surface area contributed by atoms with Gasteiger partial charge in [-0.05, 0) is 19.1 Å². The van der Waals surface area contributed by atoms with E-state index in [0.717, 1.165) is 10.9 Å². The molecule has 0 spiro atoms. The second-order valence-corrected chi connectivity index (χ2v) is 4.21. The van der Waals surface area contributed by atoms with Gasteiger partial charge in [0, 0.05) is 24.7 Å². The summed E-state index contributed by atoms with van der Waals surface area (Å²) >= 11 is 0. The number of hydrogen-bond acceptors (Lipinski definition) is 3. The number of carbonyl (C=O) groups excluding carboxylic acids is 1. The lowest BCUT2D eigenvalue weighted by atomic mass is 10.1. The third-order valence-electron chi connectivity index (χ3n) is 2.69. The van der Waals surface area contributed by atoms with Crippen LogP contribution in [0.4, 0.5) is 0 Å². The van der Waals surface area contributed by atoms with Crippen LogP contribution >= 0.6 is 0 Å². The van der Waals surface area contributed by atoms with Gasteiger partial charge in [0.25, 0.3) is 5.91 Å². The molecular weight excluding hydrogens is 228 g/mol. The number of nitrogens with one attached hydrogen (secondary N) is 1. The second kappa shape index (κ2) is 5.60. The van der Waals surface area contributed by atoms with Crippen molar-refractivity contribution in [3.63, 3.8) is 0 Å². The summed E-state index contributed by atoms with van der Waals surface area (Å²) in [6.07, 6.45) is 1.65. The average molecular weight is 244 g/mol. The predicted octanol–water partition coefficient (Wildman–Crippen LogP) is 2.00. The van der Waals surface area contributed by atoms with E-state index in [0.29, 0.717) is 12.2 Å². The molecule has 1 atom stereocenters. The van der Waals surface area contributed by atoms with Gasteiger partial charge in [-0.3, -0.25) is 9.78 Å². The number of nitrogens with zero attached hydrogens (tertiary/aromatic N) is 1. The van der Waals surface area contributed by atoms with Crippen LogP contribution in [0.5, 0.6) is 0 Å². The highest BCUT2D eigenvalue weighted by atomic mass is 16.5. The summed E-state index contributed by atoms with van der Waals surface area (Å²) in [7, 11) is 1.62. The van der Waals surface area contributed by atoms with E-state index in [-0.39, 0.29) is 11.9 Å². The monoisotopic (exact) mass is 244 g/mol. The zero-order chi connectivity index (χ0) is 13.0. The van der Waals surface area contributed by atoms with E-state index in [1.807, 2.05) is 31.2 Å². The normalized spacial score (nSPS) is 12.3. The third-order valence-corrected chi connectivity index (χ3v) is 2.69. The fraction of sp³-hybridized carbons (Fsp3) is 0.286. The van der Waals surface area contributed by atoms with E-state index in [9.17, 15) is 4.79 Å². The van der Waals surface area contributed by atoms with Crippen molar-refractivity contribution in [1.82, 2.24) is 10.3 Å². The summed E-state index contributed by atoms with van der Waals surface area (Å²) in [6, 6.07) is 9.32. The Morgan fingerprint density at radius 2 is 2.17 bits per heavy atom. The van der Waals surface area contributed by atoms with Gasteiger partial charge >= 0.3 is 0 Å². The number of benzene rings is 1. The van der Waals surface area contributed by atoms with Gasteiger partial charge in [-0.15, -0.1) is 0 Å². The molecule has 0 bridgehead atoms. The number of fused-ring (bicyclic) bond motifs is 1. The largest absolute Gasteiger partial charge is 0.383 e. The fourth-order valence-electron chi connectivity index (χ4n) is 1.89. The number of hydrogen-bond donors (Lipinski definition) is 1. The lowest BCUT2D eigenvalue weighted by Crippen LogP contribution is -2.35. The van der Waals surface area contributed by atoms with Crippen molar-refractivity contribution < 1.29 is 9.53 Å². The predicted molar refractivity (Wildman–Crippen MR) is 70.5 cm³/mol. The smallest absolute Gasteiger partial charge is 0.252 e. The number of para-hydroxylation sites is 1. The van der Waals surface area contributed by atoms with Gasteiger partial charge in [-0.25, -0.2) is 0 Å². The van der Waals surface area contributed by atoms with Crippen molar-refractivity contribution in [3.8, 4) is 0 Å². The van der Waals surface area contributed by atoms with Crippen LogP contribution in [0.25, 0.3) is 10.9 Å². The topological polar surface area (TPSA) is 51.2 Å². The molecule has 1 unspecified atom stereocenters. The van der Waals surface area contributed by atoms with E-state index in [2.05, 4.69) is 10.3 Å². The number of aromatic nitrogens is 1. The highest BCUT2D eigenvalue weighted by Crippen LogP contribution is 2.15. The van der Waals surface area contributed by atoms with E-state index in [1.54, 1.807) is 19.4 Å². The molecule has 4 heteroatoms. The zero-order valence-corrected chi connectivity index (χ0v) is 10.5. The van der Waals surface area contributed by atoms with Gasteiger partial charge in [0.15, 0.2) is 0 Å². The molecule has 1 N–H and O–H groups in total. The SMILES string of the molecule is COCC(C)NC(=O)c1ccnc2ccccc12. The molecule has 1 heterocycles. The molecule has 18 heavy (non-hydrogen) atoms. The molecule has 0 aliphatic rings. The Balaban J connectivity index is 2.28. The fourth-order valence-corrected chi connectivity index (χ4v) is 1.89. The van der Waals surface area contributed by atoms with Crippen LogP contribution in [0.3, 0.4) is 0 Å². The van der Waals surface area contributed by atoms with Gasteiger partial charge in [0.05, 0.1) is 17.7 Å². The molecule has 0 aliphatic heterocycles.